The number of rotatable bonds is 2. The van der Waals surface area contributed by atoms with Crippen molar-refractivity contribution in [3.05, 3.63) is 0 Å². The van der Waals surface area contributed by atoms with Gasteiger partial charge in [-0.05, 0) is 25.7 Å². The Morgan fingerprint density at radius 3 is 2.17 bits per heavy atom. The van der Waals surface area contributed by atoms with Gasteiger partial charge in [0.2, 0.25) is 0 Å². The van der Waals surface area contributed by atoms with Gasteiger partial charge >= 0.3 is 0 Å². The summed E-state index contributed by atoms with van der Waals surface area (Å²) in [4.78, 5) is 0. The fourth-order valence-electron chi connectivity index (χ4n) is 1.98. The SMILES string of the molecule is OC1CCC(NC2CNC2)CC1. The third-order valence-corrected chi connectivity index (χ3v) is 2.95. The second kappa shape index (κ2) is 3.73. The minimum atomic E-state index is -0.0254. The van der Waals surface area contributed by atoms with Gasteiger partial charge in [-0.3, -0.25) is 0 Å². The number of hydrogen-bond acceptors (Lipinski definition) is 3. The Kier molecular flexibility index (Phi) is 2.63. The summed E-state index contributed by atoms with van der Waals surface area (Å²) < 4.78 is 0. The van der Waals surface area contributed by atoms with E-state index in [-0.39, 0.29) is 6.10 Å². The Bertz CT molecular complexity index is 139. The first-order valence-corrected chi connectivity index (χ1v) is 4.99. The lowest BCUT2D eigenvalue weighted by Crippen LogP contribution is -2.58. The third-order valence-electron chi connectivity index (χ3n) is 2.95. The fourth-order valence-corrected chi connectivity index (χ4v) is 1.98. The lowest BCUT2D eigenvalue weighted by atomic mass is 9.92. The molecule has 70 valence electrons. The molecular weight excluding hydrogens is 152 g/mol. The average Bonchev–Trinajstić information content (AvgIpc) is 2.00. The van der Waals surface area contributed by atoms with E-state index in [4.69, 9.17) is 0 Å². The first-order valence-electron chi connectivity index (χ1n) is 4.99. The quantitative estimate of drug-likeness (QED) is 0.540. The van der Waals surface area contributed by atoms with Crippen LogP contribution in [0, 0.1) is 0 Å². The lowest BCUT2D eigenvalue weighted by Gasteiger charge is -2.35. The molecule has 1 saturated heterocycles. The molecule has 2 aliphatic rings. The van der Waals surface area contributed by atoms with Crippen molar-refractivity contribution in [2.45, 2.75) is 43.9 Å². The van der Waals surface area contributed by atoms with Gasteiger partial charge < -0.3 is 15.7 Å². The maximum atomic E-state index is 9.29. The summed E-state index contributed by atoms with van der Waals surface area (Å²) in [7, 11) is 0. The Morgan fingerprint density at radius 2 is 1.67 bits per heavy atom. The monoisotopic (exact) mass is 170 g/mol. The van der Waals surface area contributed by atoms with E-state index in [1.54, 1.807) is 0 Å². The van der Waals surface area contributed by atoms with Gasteiger partial charge in [0.15, 0.2) is 0 Å². The van der Waals surface area contributed by atoms with Gasteiger partial charge in [0, 0.05) is 25.2 Å². The number of hydrogen-bond donors (Lipinski definition) is 3. The summed E-state index contributed by atoms with van der Waals surface area (Å²) in [5.41, 5.74) is 0. The van der Waals surface area contributed by atoms with E-state index in [9.17, 15) is 5.11 Å². The van der Waals surface area contributed by atoms with Crippen LogP contribution in [0.3, 0.4) is 0 Å². The standard InChI is InChI=1S/C9H18N2O/c12-9-3-1-7(2-4-9)11-8-5-10-6-8/h7-12H,1-6H2. The van der Waals surface area contributed by atoms with Crippen LogP contribution in [0.15, 0.2) is 0 Å². The highest BCUT2D eigenvalue weighted by Gasteiger charge is 2.24. The smallest absolute Gasteiger partial charge is 0.0541 e. The molecule has 0 atom stereocenters. The van der Waals surface area contributed by atoms with Gasteiger partial charge in [-0.1, -0.05) is 0 Å². The maximum absolute atomic E-state index is 9.29. The molecule has 0 aromatic heterocycles. The molecule has 0 unspecified atom stereocenters. The summed E-state index contributed by atoms with van der Waals surface area (Å²) >= 11 is 0. The van der Waals surface area contributed by atoms with E-state index < -0.39 is 0 Å². The zero-order valence-electron chi connectivity index (χ0n) is 7.42. The molecule has 0 aromatic carbocycles. The topological polar surface area (TPSA) is 44.3 Å². The highest BCUT2D eigenvalue weighted by Crippen LogP contribution is 2.18. The van der Waals surface area contributed by atoms with Crippen LogP contribution >= 0.6 is 0 Å². The molecule has 2 fully saturated rings. The van der Waals surface area contributed by atoms with Crippen LogP contribution in [-0.4, -0.2) is 36.4 Å². The van der Waals surface area contributed by atoms with Crippen LogP contribution in [0.25, 0.3) is 0 Å². The minimum Gasteiger partial charge on any atom is -0.393 e. The molecule has 0 spiro atoms. The molecule has 0 bridgehead atoms. The van der Waals surface area contributed by atoms with Crippen molar-refractivity contribution in [1.29, 1.82) is 0 Å². The van der Waals surface area contributed by atoms with Gasteiger partial charge in [-0.15, -0.1) is 0 Å². The second-order valence-electron chi connectivity index (χ2n) is 4.03. The van der Waals surface area contributed by atoms with Crippen molar-refractivity contribution >= 4 is 0 Å². The third kappa shape index (κ3) is 1.97. The van der Waals surface area contributed by atoms with Crippen LogP contribution < -0.4 is 10.6 Å². The van der Waals surface area contributed by atoms with Crippen molar-refractivity contribution in [1.82, 2.24) is 10.6 Å². The highest BCUT2D eigenvalue weighted by atomic mass is 16.3. The predicted octanol–water partition coefficient (Wildman–Crippen LogP) is -0.149. The largest absolute Gasteiger partial charge is 0.393 e. The Hall–Kier alpha value is -0.120. The predicted molar refractivity (Wildman–Crippen MR) is 48.1 cm³/mol. The van der Waals surface area contributed by atoms with Crippen molar-refractivity contribution in [2.24, 2.45) is 0 Å². The molecule has 0 amide bonds. The number of aliphatic hydroxyl groups excluding tert-OH is 1. The summed E-state index contributed by atoms with van der Waals surface area (Å²) in [6, 6.07) is 1.37. The first-order chi connectivity index (χ1) is 5.84. The van der Waals surface area contributed by atoms with E-state index in [0.717, 1.165) is 38.8 Å². The molecule has 1 aliphatic carbocycles. The summed E-state index contributed by atoms with van der Waals surface area (Å²) in [5.74, 6) is 0. The molecule has 0 radical (unpaired) electrons. The molecule has 3 heteroatoms. The zero-order chi connectivity index (χ0) is 8.39. The molecule has 3 N–H and O–H groups in total. The molecular formula is C9H18N2O. The van der Waals surface area contributed by atoms with Crippen LogP contribution in [0.1, 0.15) is 25.7 Å². The molecule has 1 saturated carbocycles. The van der Waals surface area contributed by atoms with E-state index in [2.05, 4.69) is 10.6 Å². The van der Waals surface area contributed by atoms with Crippen molar-refractivity contribution < 1.29 is 5.11 Å². The highest BCUT2D eigenvalue weighted by molar-refractivity contribution is 4.86. The van der Waals surface area contributed by atoms with Gasteiger partial charge in [0.1, 0.15) is 0 Å². The molecule has 1 aliphatic heterocycles. The summed E-state index contributed by atoms with van der Waals surface area (Å²) in [6.07, 6.45) is 4.24. The number of aliphatic hydroxyl groups is 1. The molecule has 3 nitrogen and oxygen atoms in total. The fraction of sp³-hybridized carbons (Fsp3) is 1.00. The molecule has 1 heterocycles. The van der Waals surface area contributed by atoms with Crippen LogP contribution in [0.4, 0.5) is 0 Å². The maximum Gasteiger partial charge on any atom is 0.0541 e. The lowest BCUT2D eigenvalue weighted by molar-refractivity contribution is 0.111. The van der Waals surface area contributed by atoms with Crippen molar-refractivity contribution in [3.8, 4) is 0 Å². The average molecular weight is 170 g/mol. The van der Waals surface area contributed by atoms with Crippen molar-refractivity contribution in [3.63, 3.8) is 0 Å². The van der Waals surface area contributed by atoms with Crippen molar-refractivity contribution in [2.75, 3.05) is 13.1 Å². The van der Waals surface area contributed by atoms with E-state index in [1.807, 2.05) is 0 Å². The van der Waals surface area contributed by atoms with Gasteiger partial charge in [0.05, 0.1) is 6.10 Å². The van der Waals surface area contributed by atoms with E-state index in [0.29, 0.717) is 12.1 Å². The Balaban J connectivity index is 1.67. The zero-order valence-corrected chi connectivity index (χ0v) is 7.42. The van der Waals surface area contributed by atoms with E-state index in [1.165, 1.54) is 0 Å². The Morgan fingerprint density at radius 1 is 1.00 bits per heavy atom. The Labute approximate surface area is 73.5 Å². The minimum absolute atomic E-state index is 0.0254. The second-order valence-corrected chi connectivity index (χ2v) is 4.03. The summed E-state index contributed by atoms with van der Waals surface area (Å²) in [6.45, 7) is 2.25. The van der Waals surface area contributed by atoms with Crippen LogP contribution in [0.2, 0.25) is 0 Å². The van der Waals surface area contributed by atoms with Crippen LogP contribution in [0.5, 0.6) is 0 Å². The molecule has 2 rings (SSSR count). The number of nitrogens with one attached hydrogen (secondary N) is 2. The summed E-state index contributed by atoms with van der Waals surface area (Å²) in [5, 5.41) is 16.1. The van der Waals surface area contributed by atoms with Gasteiger partial charge in [-0.25, -0.2) is 0 Å². The van der Waals surface area contributed by atoms with Gasteiger partial charge in [0.25, 0.3) is 0 Å². The van der Waals surface area contributed by atoms with Crippen LogP contribution in [-0.2, 0) is 0 Å². The van der Waals surface area contributed by atoms with E-state index >= 15 is 0 Å². The molecule has 0 aromatic rings. The first kappa shape index (κ1) is 8.48. The normalized spacial score (nSPS) is 37.8. The van der Waals surface area contributed by atoms with Gasteiger partial charge in [-0.2, -0.15) is 0 Å². The molecule has 12 heavy (non-hydrogen) atoms.